The van der Waals surface area contributed by atoms with Gasteiger partial charge in [-0.1, -0.05) is 45.2 Å². The average molecular weight is 398 g/mol. The Hall–Kier alpha value is -0.450. The van der Waals surface area contributed by atoms with Crippen LogP contribution in [0.4, 0.5) is 0 Å². The molecule has 2 aromatic rings. The van der Waals surface area contributed by atoms with Gasteiger partial charge in [-0.2, -0.15) is 0 Å². The van der Waals surface area contributed by atoms with E-state index in [0.29, 0.717) is 15.8 Å². The molecule has 0 spiro atoms. The lowest BCUT2D eigenvalue weighted by Gasteiger charge is -2.12. The number of benzene rings is 2. The third-order valence-electron chi connectivity index (χ3n) is 2.52. The van der Waals surface area contributed by atoms with E-state index < -0.39 is 0 Å². The van der Waals surface area contributed by atoms with Crippen LogP contribution >= 0.6 is 51.5 Å². The number of hydrogen-bond acceptors (Lipinski definition) is 2. The van der Waals surface area contributed by atoms with E-state index in [-0.39, 0.29) is 12.4 Å². The minimum Gasteiger partial charge on any atom is -0.457 e. The van der Waals surface area contributed by atoms with Gasteiger partial charge in [0.1, 0.15) is 11.5 Å². The van der Waals surface area contributed by atoms with Gasteiger partial charge in [0, 0.05) is 22.6 Å². The molecule has 0 aliphatic rings. The zero-order chi connectivity index (χ0) is 13.8. The molecule has 0 saturated carbocycles. The maximum absolute atomic E-state index is 5.98. The molecule has 0 unspecified atom stereocenters. The highest BCUT2D eigenvalue weighted by molar-refractivity contribution is 9.10. The number of halogens is 4. The average Bonchev–Trinajstić information content (AvgIpc) is 2.37. The van der Waals surface area contributed by atoms with E-state index >= 15 is 0 Å². The first-order valence-corrected chi connectivity index (χ1v) is 7.21. The fourth-order valence-corrected chi connectivity index (χ4v) is 2.26. The van der Waals surface area contributed by atoms with Crippen LogP contribution in [0.5, 0.6) is 11.5 Å². The Morgan fingerprint density at radius 3 is 2.50 bits per heavy atom. The predicted molar refractivity (Wildman–Crippen MR) is 90.7 cm³/mol. The molecule has 108 valence electrons. The molecule has 1 N–H and O–H groups in total. The number of nitrogens with one attached hydrogen (secondary N) is 1. The fourth-order valence-electron chi connectivity index (χ4n) is 1.63. The Balaban J connectivity index is 0.00000200. The Labute approximate surface area is 143 Å². The monoisotopic (exact) mass is 395 g/mol. The SMILES string of the molecule is CNCc1ccc(Br)cc1Oc1ccc(Cl)c(Cl)c1.Cl. The van der Waals surface area contributed by atoms with E-state index in [1.165, 1.54) is 0 Å². The number of rotatable bonds is 4. The van der Waals surface area contributed by atoms with Crippen LogP contribution < -0.4 is 10.1 Å². The lowest BCUT2D eigenvalue weighted by atomic mass is 10.2. The molecular weight excluding hydrogens is 384 g/mol. The van der Waals surface area contributed by atoms with Crippen LogP contribution in [0.3, 0.4) is 0 Å². The number of ether oxygens (including phenoxy) is 1. The zero-order valence-electron chi connectivity index (χ0n) is 10.6. The summed E-state index contributed by atoms with van der Waals surface area (Å²) in [5, 5.41) is 4.10. The molecule has 0 atom stereocenters. The summed E-state index contributed by atoms with van der Waals surface area (Å²) in [6, 6.07) is 11.1. The summed E-state index contributed by atoms with van der Waals surface area (Å²) in [5.41, 5.74) is 1.07. The Bertz CT molecular complexity index is 593. The summed E-state index contributed by atoms with van der Waals surface area (Å²) >= 11 is 15.3. The van der Waals surface area contributed by atoms with Crippen molar-refractivity contribution < 1.29 is 4.74 Å². The van der Waals surface area contributed by atoms with E-state index in [1.54, 1.807) is 18.2 Å². The van der Waals surface area contributed by atoms with Crippen molar-refractivity contribution in [1.82, 2.24) is 5.32 Å². The predicted octanol–water partition coefficient (Wildman–Crippen LogP) is 5.69. The largest absolute Gasteiger partial charge is 0.457 e. The van der Waals surface area contributed by atoms with Crippen LogP contribution in [0.1, 0.15) is 5.56 Å². The van der Waals surface area contributed by atoms with Gasteiger partial charge in [0.05, 0.1) is 10.0 Å². The van der Waals surface area contributed by atoms with Gasteiger partial charge in [-0.3, -0.25) is 0 Å². The van der Waals surface area contributed by atoms with E-state index in [9.17, 15) is 0 Å². The van der Waals surface area contributed by atoms with Crippen LogP contribution in [0, 0.1) is 0 Å². The van der Waals surface area contributed by atoms with Gasteiger partial charge in [-0.15, -0.1) is 12.4 Å². The molecule has 0 heterocycles. The second-order valence-electron chi connectivity index (χ2n) is 3.96. The summed E-state index contributed by atoms with van der Waals surface area (Å²) < 4.78 is 6.83. The van der Waals surface area contributed by atoms with Gasteiger partial charge in [0.25, 0.3) is 0 Å². The fraction of sp³-hybridized carbons (Fsp3) is 0.143. The normalized spacial score (nSPS) is 10.0. The maximum Gasteiger partial charge on any atom is 0.133 e. The highest BCUT2D eigenvalue weighted by atomic mass is 79.9. The summed E-state index contributed by atoms with van der Waals surface area (Å²) in [6.45, 7) is 0.726. The standard InChI is InChI=1S/C14H12BrCl2NO.ClH/c1-18-8-9-2-3-10(15)6-14(9)19-11-4-5-12(16)13(17)7-11;/h2-7,18H,8H2,1H3;1H. The molecule has 0 amide bonds. The molecule has 6 heteroatoms. The third kappa shape index (κ3) is 4.54. The highest BCUT2D eigenvalue weighted by Crippen LogP contribution is 2.32. The van der Waals surface area contributed by atoms with E-state index in [4.69, 9.17) is 27.9 Å². The second kappa shape index (κ2) is 8.11. The minimum absolute atomic E-state index is 0. The lowest BCUT2D eigenvalue weighted by molar-refractivity contribution is 0.474. The molecule has 0 aliphatic heterocycles. The second-order valence-corrected chi connectivity index (χ2v) is 5.69. The van der Waals surface area contributed by atoms with Gasteiger partial charge >= 0.3 is 0 Å². The minimum atomic E-state index is 0. The van der Waals surface area contributed by atoms with Gasteiger partial charge in [-0.25, -0.2) is 0 Å². The van der Waals surface area contributed by atoms with Crippen molar-refractivity contribution in [3.8, 4) is 11.5 Å². The van der Waals surface area contributed by atoms with E-state index in [1.807, 2.05) is 25.2 Å². The third-order valence-corrected chi connectivity index (χ3v) is 3.75. The van der Waals surface area contributed by atoms with Crippen molar-refractivity contribution in [2.24, 2.45) is 0 Å². The highest BCUT2D eigenvalue weighted by Gasteiger charge is 2.07. The molecule has 2 aromatic carbocycles. The zero-order valence-corrected chi connectivity index (χ0v) is 14.5. The van der Waals surface area contributed by atoms with Crippen LogP contribution in [-0.4, -0.2) is 7.05 Å². The summed E-state index contributed by atoms with van der Waals surface area (Å²) in [4.78, 5) is 0. The first kappa shape index (κ1) is 17.6. The Morgan fingerprint density at radius 2 is 1.85 bits per heavy atom. The maximum atomic E-state index is 5.98. The van der Waals surface area contributed by atoms with Crippen molar-refractivity contribution in [2.45, 2.75) is 6.54 Å². The molecule has 0 fully saturated rings. The van der Waals surface area contributed by atoms with Gasteiger partial charge in [0.2, 0.25) is 0 Å². The number of hydrogen-bond donors (Lipinski definition) is 1. The Kier molecular flexibility index (Phi) is 7.13. The summed E-state index contributed by atoms with van der Waals surface area (Å²) in [6.07, 6.45) is 0. The quantitative estimate of drug-likeness (QED) is 0.716. The molecule has 0 bridgehead atoms. The first-order chi connectivity index (χ1) is 9.10. The van der Waals surface area contributed by atoms with Gasteiger partial charge in [0.15, 0.2) is 0 Å². The molecule has 20 heavy (non-hydrogen) atoms. The van der Waals surface area contributed by atoms with E-state index in [0.717, 1.165) is 22.3 Å². The van der Waals surface area contributed by atoms with Crippen LogP contribution in [0.25, 0.3) is 0 Å². The van der Waals surface area contributed by atoms with Crippen molar-refractivity contribution in [2.75, 3.05) is 7.05 Å². The summed E-state index contributed by atoms with van der Waals surface area (Å²) in [7, 11) is 1.89. The summed E-state index contributed by atoms with van der Waals surface area (Å²) in [5.74, 6) is 1.44. The van der Waals surface area contributed by atoms with Crippen LogP contribution in [0.2, 0.25) is 10.0 Å². The molecular formula is C14H13BrCl3NO. The van der Waals surface area contributed by atoms with Crippen molar-refractivity contribution in [1.29, 1.82) is 0 Å². The molecule has 0 radical (unpaired) electrons. The topological polar surface area (TPSA) is 21.3 Å². The molecule has 0 aromatic heterocycles. The van der Waals surface area contributed by atoms with Crippen molar-refractivity contribution >= 4 is 51.5 Å². The smallest absolute Gasteiger partial charge is 0.133 e. The van der Waals surface area contributed by atoms with Crippen LogP contribution in [-0.2, 0) is 6.54 Å². The van der Waals surface area contributed by atoms with Crippen molar-refractivity contribution in [3.63, 3.8) is 0 Å². The molecule has 0 saturated heterocycles. The van der Waals surface area contributed by atoms with E-state index in [2.05, 4.69) is 21.2 Å². The van der Waals surface area contributed by atoms with Gasteiger partial charge < -0.3 is 10.1 Å². The van der Waals surface area contributed by atoms with Crippen molar-refractivity contribution in [3.05, 3.63) is 56.5 Å². The van der Waals surface area contributed by atoms with Gasteiger partial charge in [-0.05, 0) is 31.3 Å². The molecule has 2 rings (SSSR count). The van der Waals surface area contributed by atoms with Crippen LogP contribution in [0.15, 0.2) is 40.9 Å². The molecule has 2 nitrogen and oxygen atoms in total. The first-order valence-electron chi connectivity index (χ1n) is 5.66. The lowest BCUT2D eigenvalue weighted by Crippen LogP contribution is -2.06. The molecule has 0 aliphatic carbocycles. The Morgan fingerprint density at radius 1 is 1.10 bits per heavy atom.